The molecule has 0 radical (unpaired) electrons. The first-order chi connectivity index (χ1) is 12.7. The van der Waals surface area contributed by atoms with Gasteiger partial charge in [0.25, 0.3) is 0 Å². The van der Waals surface area contributed by atoms with Gasteiger partial charge in [-0.05, 0) is 12.8 Å². The lowest BCUT2D eigenvalue weighted by Crippen LogP contribution is -2.45. The van der Waals surface area contributed by atoms with Crippen molar-refractivity contribution in [3.63, 3.8) is 0 Å². The molecule has 0 unspecified atom stereocenters. The fourth-order valence-corrected chi connectivity index (χ4v) is 2.22. The zero-order chi connectivity index (χ0) is 19.5. The van der Waals surface area contributed by atoms with E-state index in [4.69, 9.17) is 33.5 Å². The summed E-state index contributed by atoms with van der Waals surface area (Å²) in [4.78, 5) is 0. The molecule has 1 N–H and O–H groups in total. The number of aliphatic hydroxyl groups is 1. The molecule has 7 heteroatoms. The predicted octanol–water partition coefficient (Wildman–Crippen LogP) is 2.52. The number of methoxy groups -OCH3 is 2. The van der Waals surface area contributed by atoms with Gasteiger partial charge in [0.05, 0.1) is 13.2 Å². The molecule has 0 fully saturated rings. The van der Waals surface area contributed by atoms with E-state index in [0.29, 0.717) is 19.8 Å². The van der Waals surface area contributed by atoms with Crippen LogP contribution in [0.15, 0.2) is 12.2 Å². The highest BCUT2D eigenvalue weighted by Gasteiger charge is 2.31. The van der Waals surface area contributed by atoms with Crippen LogP contribution < -0.4 is 0 Å². The Balaban J connectivity index is 5.13. The van der Waals surface area contributed by atoms with Crippen molar-refractivity contribution in [2.24, 2.45) is 0 Å². The van der Waals surface area contributed by atoms with E-state index in [1.54, 1.807) is 26.4 Å². The molecule has 0 saturated carbocycles. The molecule has 0 rings (SSSR count). The molecule has 0 aromatic heterocycles. The molecule has 0 aliphatic heterocycles. The molecule has 7 nitrogen and oxygen atoms in total. The van der Waals surface area contributed by atoms with Gasteiger partial charge < -0.3 is 33.5 Å². The molecule has 0 saturated heterocycles. The second-order valence-corrected chi connectivity index (χ2v) is 5.88. The summed E-state index contributed by atoms with van der Waals surface area (Å²) in [7, 11) is 3.14. The zero-order valence-electron chi connectivity index (χ0n) is 16.9. The molecule has 3 atom stereocenters. The normalized spacial score (nSPS) is 15.4. The summed E-state index contributed by atoms with van der Waals surface area (Å²) in [6.45, 7) is 6.02. The van der Waals surface area contributed by atoms with Crippen LogP contribution in [-0.2, 0) is 28.4 Å². The number of ether oxygens (including phenoxy) is 6. The predicted molar refractivity (Wildman–Crippen MR) is 100 cm³/mol. The Labute approximate surface area is 158 Å². The third-order valence-electron chi connectivity index (χ3n) is 3.63. The maximum Gasteiger partial charge on any atom is 0.147 e. The van der Waals surface area contributed by atoms with Crippen molar-refractivity contribution in [2.45, 2.75) is 57.8 Å². The SMILES string of the molecule is CCCCOC[C@@H](OCOC)[C@@H](OCCCC)[C@H](/C=C/CO)OCOC. The van der Waals surface area contributed by atoms with Gasteiger partial charge in [0.1, 0.15) is 31.9 Å². The fraction of sp³-hybridized carbons (Fsp3) is 0.895. The quantitative estimate of drug-likeness (QED) is 0.210. The lowest BCUT2D eigenvalue weighted by molar-refractivity contribution is -0.187. The van der Waals surface area contributed by atoms with Crippen molar-refractivity contribution >= 4 is 0 Å². The van der Waals surface area contributed by atoms with Crippen molar-refractivity contribution in [1.29, 1.82) is 0 Å². The van der Waals surface area contributed by atoms with Gasteiger partial charge in [-0.25, -0.2) is 0 Å². The van der Waals surface area contributed by atoms with E-state index in [9.17, 15) is 0 Å². The summed E-state index contributed by atoms with van der Waals surface area (Å²) in [6.07, 6.45) is 6.21. The van der Waals surface area contributed by atoms with E-state index in [2.05, 4.69) is 13.8 Å². The molecule has 0 aliphatic carbocycles. The van der Waals surface area contributed by atoms with Gasteiger partial charge in [-0.1, -0.05) is 38.8 Å². The number of aliphatic hydroxyl groups excluding tert-OH is 1. The lowest BCUT2D eigenvalue weighted by Gasteiger charge is -2.32. The molecule has 0 heterocycles. The second kappa shape index (κ2) is 19.2. The zero-order valence-corrected chi connectivity index (χ0v) is 16.9. The van der Waals surface area contributed by atoms with Crippen LogP contribution in [0.25, 0.3) is 0 Å². The maximum absolute atomic E-state index is 9.13. The third kappa shape index (κ3) is 12.8. The van der Waals surface area contributed by atoms with Gasteiger partial charge in [0, 0.05) is 27.4 Å². The smallest absolute Gasteiger partial charge is 0.147 e. The van der Waals surface area contributed by atoms with Crippen LogP contribution in [0, 0.1) is 0 Å². The molecule has 0 aromatic carbocycles. The highest BCUT2D eigenvalue weighted by Crippen LogP contribution is 2.16. The van der Waals surface area contributed by atoms with Crippen molar-refractivity contribution < 1.29 is 33.5 Å². The Morgan fingerprint density at radius 2 is 1.54 bits per heavy atom. The Hall–Kier alpha value is -0.540. The first-order valence-corrected chi connectivity index (χ1v) is 9.42. The van der Waals surface area contributed by atoms with E-state index in [1.807, 2.05) is 0 Å². The highest BCUT2D eigenvalue weighted by atomic mass is 16.7. The first kappa shape index (κ1) is 25.5. The topological polar surface area (TPSA) is 75.6 Å². The first-order valence-electron chi connectivity index (χ1n) is 9.42. The van der Waals surface area contributed by atoms with E-state index in [0.717, 1.165) is 25.7 Å². The summed E-state index contributed by atoms with van der Waals surface area (Å²) in [5, 5.41) is 9.13. The molecular weight excluding hydrogens is 340 g/mol. The monoisotopic (exact) mass is 378 g/mol. The summed E-state index contributed by atoms with van der Waals surface area (Å²) in [5.74, 6) is 0. The molecule has 0 aromatic rings. The standard InChI is InChI=1S/C19H38O7/c1-5-7-12-23-14-18(26-16-22-4)19(24-13-8-6-2)17(10-9-11-20)25-15-21-3/h9-10,17-20H,5-8,11-16H2,1-4H3/b10-9+/t17-,18+,19-/m0/s1. The van der Waals surface area contributed by atoms with Crippen LogP contribution in [0.5, 0.6) is 0 Å². The van der Waals surface area contributed by atoms with Crippen molar-refractivity contribution in [1.82, 2.24) is 0 Å². The minimum Gasteiger partial charge on any atom is -0.392 e. The lowest BCUT2D eigenvalue weighted by atomic mass is 10.1. The fourth-order valence-electron chi connectivity index (χ4n) is 2.22. The summed E-state index contributed by atoms with van der Waals surface area (Å²) in [5.41, 5.74) is 0. The van der Waals surface area contributed by atoms with Crippen LogP contribution in [0.3, 0.4) is 0 Å². The van der Waals surface area contributed by atoms with Crippen molar-refractivity contribution in [2.75, 3.05) is 54.2 Å². The number of hydrogen-bond acceptors (Lipinski definition) is 7. The van der Waals surface area contributed by atoms with Crippen LogP contribution in [0.1, 0.15) is 39.5 Å². The van der Waals surface area contributed by atoms with E-state index >= 15 is 0 Å². The van der Waals surface area contributed by atoms with Crippen LogP contribution in [0.4, 0.5) is 0 Å². The van der Waals surface area contributed by atoms with Crippen molar-refractivity contribution in [3.8, 4) is 0 Å². The van der Waals surface area contributed by atoms with Gasteiger partial charge in [0.15, 0.2) is 0 Å². The molecule has 0 amide bonds. The molecular formula is C19H38O7. The Morgan fingerprint density at radius 1 is 0.885 bits per heavy atom. The Morgan fingerprint density at radius 3 is 2.15 bits per heavy atom. The largest absolute Gasteiger partial charge is 0.392 e. The molecule has 0 bridgehead atoms. The van der Waals surface area contributed by atoms with Crippen LogP contribution in [-0.4, -0.2) is 77.7 Å². The molecule has 26 heavy (non-hydrogen) atoms. The van der Waals surface area contributed by atoms with Gasteiger partial charge in [-0.2, -0.15) is 0 Å². The third-order valence-corrected chi connectivity index (χ3v) is 3.63. The highest BCUT2D eigenvalue weighted by molar-refractivity contribution is 4.96. The average molecular weight is 379 g/mol. The Kier molecular flexibility index (Phi) is 18.8. The Bertz CT molecular complexity index is 312. The minimum absolute atomic E-state index is 0.0783. The van der Waals surface area contributed by atoms with Crippen LogP contribution >= 0.6 is 0 Å². The number of unbranched alkanes of at least 4 members (excludes halogenated alkanes) is 2. The van der Waals surface area contributed by atoms with Crippen LogP contribution in [0.2, 0.25) is 0 Å². The summed E-state index contributed by atoms with van der Waals surface area (Å²) < 4.78 is 33.5. The maximum atomic E-state index is 9.13. The van der Waals surface area contributed by atoms with Gasteiger partial charge in [-0.3, -0.25) is 0 Å². The van der Waals surface area contributed by atoms with Gasteiger partial charge >= 0.3 is 0 Å². The van der Waals surface area contributed by atoms with E-state index in [-0.39, 0.29) is 26.3 Å². The van der Waals surface area contributed by atoms with Crippen molar-refractivity contribution in [3.05, 3.63) is 12.2 Å². The van der Waals surface area contributed by atoms with Gasteiger partial charge in [-0.15, -0.1) is 0 Å². The second-order valence-electron chi connectivity index (χ2n) is 5.88. The number of hydrogen-bond donors (Lipinski definition) is 1. The molecule has 0 spiro atoms. The van der Waals surface area contributed by atoms with Gasteiger partial charge in [0.2, 0.25) is 0 Å². The average Bonchev–Trinajstić information content (AvgIpc) is 2.66. The molecule has 156 valence electrons. The summed E-state index contributed by atoms with van der Waals surface area (Å²) >= 11 is 0. The van der Waals surface area contributed by atoms with E-state index in [1.165, 1.54) is 0 Å². The molecule has 0 aliphatic rings. The summed E-state index contributed by atoms with van der Waals surface area (Å²) in [6, 6.07) is 0. The minimum atomic E-state index is -0.435. The number of rotatable bonds is 19. The van der Waals surface area contributed by atoms with E-state index < -0.39 is 12.2 Å².